The lowest BCUT2D eigenvalue weighted by atomic mass is 9.90. The molecule has 126 valence electrons. The standard InChI is InChI=1S/C19H17N3OS2/c23-17(15-6-3-9-20-18(15)24)22-19-21-16(11-25-19)14-8-7-12-4-1-2-5-13(12)10-14/h3,6-11H,1-2,4-5H2,(H,20,24)(H,21,22,23). The SMILES string of the molecule is O=C(Nc1nc(-c2ccc3c(c2)CCCC3)cs1)c1ccc[nH]c1=S. The molecular formula is C19H17N3OS2. The monoisotopic (exact) mass is 367 g/mol. The summed E-state index contributed by atoms with van der Waals surface area (Å²) in [7, 11) is 0. The van der Waals surface area contributed by atoms with Crippen molar-refractivity contribution in [2.75, 3.05) is 5.32 Å². The Labute approximate surface area is 155 Å². The molecule has 0 fully saturated rings. The van der Waals surface area contributed by atoms with E-state index in [1.165, 1.54) is 41.7 Å². The van der Waals surface area contributed by atoms with E-state index >= 15 is 0 Å². The summed E-state index contributed by atoms with van der Waals surface area (Å²) in [5.74, 6) is -0.242. The second-order valence-corrected chi connectivity index (χ2v) is 7.36. The quantitative estimate of drug-likeness (QED) is 0.641. The number of fused-ring (bicyclic) bond motifs is 1. The Morgan fingerprint density at radius 1 is 1.20 bits per heavy atom. The van der Waals surface area contributed by atoms with E-state index < -0.39 is 0 Å². The van der Waals surface area contributed by atoms with Gasteiger partial charge in [0.15, 0.2) is 5.13 Å². The molecule has 4 rings (SSSR count). The molecule has 1 aliphatic carbocycles. The lowest BCUT2D eigenvalue weighted by Gasteiger charge is -2.16. The Morgan fingerprint density at radius 2 is 2.04 bits per heavy atom. The van der Waals surface area contributed by atoms with Crippen LogP contribution in [0.15, 0.2) is 41.9 Å². The van der Waals surface area contributed by atoms with E-state index in [1.807, 2.05) is 5.38 Å². The molecule has 4 nitrogen and oxygen atoms in total. The molecule has 2 heterocycles. The Hall–Kier alpha value is -2.31. The minimum Gasteiger partial charge on any atom is -0.352 e. The summed E-state index contributed by atoms with van der Waals surface area (Å²) >= 11 is 6.57. The highest BCUT2D eigenvalue weighted by Gasteiger charge is 2.14. The number of hydrogen-bond donors (Lipinski definition) is 2. The van der Waals surface area contributed by atoms with Crippen LogP contribution in [0.25, 0.3) is 11.3 Å². The van der Waals surface area contributed by atoms with E-state index in [2.05, 4.69) is 33.5 Å². The average molecular weight is 367 g/mol. The summed E-state index contributed by atoms with van der Waals surface area (Å²) < 4.78 is 0.423. The number of carbonyl (C=O) groups excluding carboxylic acids is 1. The molecule has 2 aromatic heterocycles. The first-order valence-corrected chi connectivity index (χ1v) is 9.56. The van der Waals surface area contributed by atoms with Crippen LogP contribution in [0.2, 0.25) is 0 Å². The van der Waals surface area contributed by atoms with Crippen molar-refractivity contribution in [3.63, 3.8) is 0 Å². The number of pyridine rings is 1. The van der Waals surface area contributed by atoms with Crippen LogP contribution in [0.4, 0.5) is 5.13 Å². The van der Waals surface area contributed by atoms with Crippen LogP contribution in [0.1, 0.15) is 34.3 Å². The largest absolute Gasteiger partial charge is 0.352 e. The maximum atomic E-state index is 12.3. The van der Waals surface area contributed by atoms with Crippen LogP contribution in [0, 0.1) is 4.64 Å². The predicted octanol–water partition coefficient (Wildman–Crippen LogP) is 5.00. The highest BCUT2D eigenvalue weighted by atomic mass is 32.1. The molecule has 2 N–H and O–H groups in total. The van der Waals surface area contributed by atoms with Gasteiger partial charge in [-0.3, -0.25) is 10.1 Å². The van der Waals surface area contributed by atoms with Crippen molar-refractivity contribution in [1.29, 1.82) is 0 Å². The van der Waals surface area contributed by atoms with Crippen LogP contribution < -0.4 is 5.32 Å². The van der Waals surface area contributed by atoms with Crippen molar-refractivity contribution in [3.05, 3.63) is 63.2 Å². The Morgan fingerprint density at radius 3 is 2.88 bits per heavy atom. The summed E-state index contributed by atoms with van der Waals surface area (Å²) in [6.45, 7) is 0. The van der Waals surface area contributed by atoms with Gasteiger partial charge in [0.25, 0.3) is 5.91 Å². The van der Waals surface area contributed by atoms with Gasteiger partial charge in [-0.25, -0.2) is 4.98 Å². The highest BCUT2D eigenvalue weighted by Crippen LogP contribution is 2.29. The zero-order valence-electron chi connectivity index (χ0n) is 13.5. The lowest BCUT2D eigenvalue weighted by molar-refractivity contribution is 0.102. The van der Waals surface area contributed by atoms with Gasteiger partial charge in [0.1, 0.15) is 4.64 Å². The molecule has 0 radical (unpaired) electrons. The number of aryl methyl sites for hydroxylation is 2. The maximum Gasteiger partial charge on any atom is 0.260 e. The van der Waals surface area contributed by atoms with Crippen molar-refractivity contribution in [2.45, 2.75) is 25.7 Å². The Balaban J connectivity index is 1.55. The molecule has 6 heteroatoms. The molecule has 1 amide bonds. The normalized spacial score (nSPS) is 13.3. The number of carbonyl (C=O) groups is 1. The van der Waals surface area contributed by atoms with E-state index in [9.17, 15) is 4.79 Å². The first-order valence-electron chi connectivity index (χ1n) is 8.27. The number of rotatable bonds is 3. The molecular weight excluding hydrogens is 350 g/mol. The summed E-state index contributed by atoms with van der Waals surface area (Å²) in [5, 5.41) is 5.39. The first kappa shape index (κ1) is 16.2. The summed E-state index contributed by atoms with van der Waals surface area (Å²) in [4.78, 5) is 19.8. The molecule has 0 atom stereocenters. The highest BCUT2D eigenvalue weighted by molar-refractivity contribution is 7.71. The smallest absolute Gasteiger partial charge is 0.260 e. The molecule has 3 aromatic rings. The van der Waals surface area contributed by atoms with Crippen LogP contribution in [0.3, 0.4) is 0 Å². The van der Waals surface area contributed by atoms with Crippen molar-refractivity contribution in [2.24, 2.45) is 0 Å². The number of amides is 1. The lowest BCUT2D eigenvalue weighted by Crippen LogP contribution is -2.12. The van der Waals surface area contributed by atoms with Crippen molar-refractivity contribution < 1.29 is 4.79 Å². The first-order chi connectivity index (χ1) is 12.2. The molecule has 25 heavy (non-hydrogen) atoms. The van der Waals surface area contributed by atoms with Gasteiger partial charge in [-0.05, 0) is 55.0 Å². The molecule has 1 aliphatic rings. The van der Waals surface area contributed by atoms with Gasteiger partial charge < -0.3 is 4.98 Å². The van der Waals surface area contributed by atoms with E-state index in [4.69, 9.17) is 12.2 Å². The molecule has 0 saturated carbocycles. The third kappa shape index (κ3) is 3.41. The fourth-order valence-corrected chi connectivity index (χ4v) is 4.06. The van der Waals surface area contributed by atoms with Crippen LogP contribution in [-0.4, -0.2) is 15.9 Å². The minimum absolute atomic E-state index is 0.242. The number of benzene rings is 1. The van der Waals surface area contributed by atoms with Gasteiger partial charge in [0.05, 0.1) is 11.3 Å². The third-order valence-corrected chi connectivity index (χ3v) is 5.53. The van der Waals surface area contributed by atoms with Gasteiger partial charge in [-0.2, -0.15) is 0 Å². The third-order valence-electron chi connectivity index (χ3n) is 4.43. The number of aromatic nitrogens is 2. The fourth-order valence-electron chi connectivity index (χ4n) is 3.12. The number of thiazole rings is 1. The Kier molecular flexibility index (Phi) is 4.46. The topological polar surface area (TPSA) is 57.8 Å². The average Bonchev–Trinajstić information content (AvgIpc) is 3.10. The molecule has 0 spiro atoms. The fraction of sp³-hybridized carbons (Fsp3) is 0.211. The van der Waals surface area contributed by atoms with Gasteiger partial charge in [-0.15, -0.1) is 11.3 Å². The molecule has 0 bridgehead atoms. The van der Waals surface area contributed by atoms with E-state index in [0.717, 1.165) is 17.7 Å². The van der Waals surface area contributed by atoms with Gasteiger partial charge in [-0.1, -0.05) is 24.4 Å². The minimum atomic E-state index is -0.242. The molecule has 1 aromatic carbocycles. The molecule has 0 aliphatic heterocycles. The molecule has 0 saturated heterocycles. The van der Waals surface area contributed by atoms with Crippen LogP contribution in [-0.2, 0) is 12.8 Å². The van der Waals surface area contributed by atoms with Crippen LogP contribution in [0.5, 0.6) is 0 Å². The number of anilines is 1. The number of nitrogens with zero attached hydrogens (tertiary/aromatic N) is 1. The predicted molar refractivity (Wildman–Crippen MR) is 104 cm³/mol. The maximum absolute atomic E-state index is 12.3. The molecule has 0 unspecified atom stereocenters. The van der Waals surface area contributed by atoms with Crippen molar-refractivity contribution in [3.8, 4) is 11.3 Å². The summed E-state index contributed by atoms with van der Waals surface area (Å²) in [6, 6.07) is 10.0. The second kappa shape index (κ2) is 6.90. The number of hydrogen-bond acceptors (Lipinski definition) is 4. The number of nitrogens with one attached hydrogen (secondary N) is 2. The number of H-pyrrole nitrogens is 1. The summed E-state index contributed by atoms with van der Waals surface area (Å²) in [6.07, 6.45) is 6.55. The summed E-state index contributed by atoms with van der Waals surface area (Å²) in [5.41, 5.74) is 5.33. The van der Waals surface area contributed by atoms with Crippen molar-refractivity contribution >= 4 is 34.6 Å². The van der Waals surface area contributed by atoms with Gasteiger partial charge >= 0.3 is 0 Å². The second-order valence-electron chi connectivity index (χ2n) is 6.10. The zero-order valence-corrected chi connectivity index (χ0v) is 15.2. The van der Waals surface area contributed by atoms with Gasteiger partial charge in [0.2, 0.25) is 0 Å². The van der Waals surface area contributed by atoms with E-state index in [1.54, 1.807) is 18.3 Å². The van der Waals surface area contributed by atoms with E-state index in [-0.39, 0.29) is 5.91 Å². The van der Waals surface area contributed by atoms with E-state index in [0.29, 0.717) is 15.3 Å². The Bertz CT molecular complexity index is 990. The number of aromatic amines is 1. The van der Waals surface area contributed by atoms with Gasteiger partial charge in [0, 0.05) is 17.1 Å². The van der Waals surface area contributed by atoms with Crippen LogP contribution >= 0.6 is 23.6 Å². The van der Waals surface area contributed by atoms with Crippen molar-refractivity contribution in [1.82, 2.24) is 9.97 Å². The zero-order chi connectivity index (χ0) is 17.2.